The summed E-state index contributed by atoms with van der Waals surface area (Å²) in [5, 5.41) is 25.8. The van der Waals surface area contributed by atoms with Crippen LogP contribution in [0.2, 0.25) is 0 Å². The number of furan rings is 1. The highest BCUT2D eigenvalue weighted by molar-refractivity contribution is 6.19. The molecule has 0 N–H and O–H groups in total. The molecule has 10 heteroatoms. The zero-order valence-electron chi connectivity index (χ0n) is 20.1. The fourth-order valence-corrected chi connectivity index (χ4v) is 4.18. The number of nitro groups is 1. The first-order valence-electron chi connectivity index (χ1n) is 11.5. The third-order valence-electron chi connectivity index (χ3n) is 6.11. The molecule has 0 radical (unpaired) electrons. The Labute approximate surface area is 216 Å². The normalized spacial score (nSPS) is 14.7. The molecule has 5 rings (SSSR count). The number of amides is 2. The summed E-state index contributed by atoms with van der Waals surface area (Å²) in [7, 11) is 0. The molecule has 1 aliphatic heterocycles. The molecule has 0 saturated heterocycles. The first-order chi connectivity index (χ1) is 18.4. The van der Waals surface area contributed by atoms with E-state index in [-0.39, 0.29) is 29.0 Å². The van der Waals surface area contributed by atoms with Gasteiger partial charge in [0.2, 0.25) is 0 Å². The van der Waals surface area contributed by atoms with Gasteiger partial charge in [0.15, 0.2) is 0 Å². The van der Waals surface area contributed by atoms with E-state index >= 15 is 0 Å². The van der Waals surface area contributed by atoms with Crippen molar-refractivity contribution in [3.8, 4) is 23.0 Å². The number of nitrogens with zero attached hydrogens (tertiary/aromatic N) is 5. The van der Waals surface area contributed by atoms with E-state index in [0.717, 1.165) is 10.6 Å². The van der Waals surface area contributed by atoms with E-state index in [9.17, 15) is 25.0 Å². The van der Waals surface area contributed by atoms with E-state index < -0.39 is 16.7 Å². The van der Waals surface area contributed by atoms with Gasteiger partial charge in [-0.1, -0.05) is 30.3 Å². The summed E-state index contributed by atoms with van der Waals surface area (Å²) >= 11 is 0. The molecule has 0 saturated carbocycles. The second kappa shape index (κ2) is 9.83. The van der Waals surface area contributed by atoms with E-state index in [1.54, 1.807) is 48.1 Å². The topological polar surface area (TPSA) is 135 Å². The van der Waals surface area contributed by atoms with Gasteiger partial charge in [-0.25, -0.2) is 4.68 Å². The van der Waals surface area contributed by atoms with Crippen molar-refractivity contribution in [2.75, 3.05) is 0 Å². The molecule has 0 fully saturated rings. The Morgan fingerprint density at radius 2 is 1.87 bits per heavy atom. The highest BCUT2D eigenvalue weighted by atomic mass is 16.6. The number of aromatic nitrogens is 2. The van der Waals surface area contributed by atoms with Gasteiger partial charge < -0.3 is 4.42 Å². The molecule has 4 aromatic rings. The predicted octanol–water partition coefficient (Wildman–Crippen LogP) is 4.83. The number of nitro benzene ring substituents is 1. The van der Waals surface area contributed by atoms with Crippen molar-refractivity contribution in [1.82, 2.24) is 14.7 Å². The number of non-ortho nitro benzene ring substituents is 1. The van der Waals surface area contributed by atoms with Crippen LogP contribution in [0.25, 0.3) is 23.0 Å². The lowest BCUT2D eigenvalue weighted by Crippen LogP contribution is -2.42. The number of para-hydroxylation sites is 1. The van der Waals surface area contributed by atoms with E-state index in [2.05, 4.69) is 5.10 Å². The van der Waals surface area contributed by atoms with Gasteiger partial charge in [0.25, 0.3) is 17.5 Å². The molecule has 0 bridgehead atoms. The van der Waals surface area contributed by atoms with Crippen LogP contribution < -0.4 is 0 Å². The quantitative estimate of drug-likeness (QED) is 0.158. The second-order valence-corrected chi connectivity index (χ2v) is 8.47. The minimum Gasteiger partial charge on any atom is -0.467 e. The molecule has 2 aromatic carbocycles. The number of rotatable bonds is 6. The fourth-order valence-electron chi connectivity index (χ4n) is 4.18. The van der Waals surface area contributed by atoms with Crippen molar-refractivity contribution in [3.63, 3.8) is 0 Å². The van der Waals surface area contributed by atoms with Gasteiger partial charge in [0, 0.05) is 35.0 Å². The largest absolute Gasteiger partial charge is 0.467 e. The van der Waals surface area contributed by atoms with Crippen molar-refractivity contribution in [1.29, 1.82) is 5.26 Å². The minimum absolute atomic E-state index is 0.109. The van der Waals surface area contributed by atoms with Crippen LogP contribution >= 0.6 is 0 Å². The molecular formula is C28H19N5O5. The minimum atomic E-state index is -0.706. The summed E-state index contributed by atoms with van der Waals surface area (Å²) < 4.78 is 6.91. The van der Waals surface area contributed by atoms with E-state index in [1.165, 1.54) is 18.4 Å². The monoisotopic (exact) mass is 505 g/mol. The van der Waals surface area contributed by atoms with Crippen LogP contribution in [-0.4, -0.2) is 31.4 Å². The Bertz CT molecular complexity index is 1670. The lowest BCUT2D eigenvalue weighted by atomic mass is 9.93. The highest BCUT2D eigenvalue weighted by Gasteiger charge is 2.36. The average molecular weight is 505 g/mol. The van der Waals surface area contributed by atoms with E-state index in [1.807, 2.05) is 36.4 Å². The number of benzene rings is 2. The van der Waals surface area contributed by atoms with Crippen LogP contribution in [0.3, 0.4) is 0 Å². The van der Waals surface area contributed by atoms with Gasteiger partial charge in [-0.15, -0.1) is 0 Å². The molecule has 0 spiro atoms. The Balaban J connectivity index is 1.68. The SMILES string of the molecule is CC1=C(C#N)C(=O)N(Cc2ccco2)C(=O)/C1=C/c1cn(-c2ccccc2)nc1-c1cccc([N+](=O)[O-])c1. The Morgan fingerprint density at radius 1 is 1.08 bits per heavy atom. The maximum atomic E-state index is 13.5. The van der Waals surface area contributed by atoms with Gasteiger partial charge >= 0.3 is 0 Å². The smallest absolute Gasteiger partial charge is 0.272 e. The lowest BCUT2D eigenvalue weighted by Gasteiger charge is -2.26. The first-order valence-corrected chi connectivity index (χ1v) is 11.5. The zero-order valence-corrected chi connectivity index (χ0v) is 20.1. The molecule has 10 nitrogen and oxygen atoms in total. The average Bonchev–Trinajstić information content (AvgIpc) is 3.60. The third kappa shape index (κ3) is 4.40. The van der Waals surface area contributed by atoms with Crippen LogP contribution in [0, 0.1) is 21.4 Å². The van der Waals surface area contributed by atoms with Crippen molar-refractivity contribution in [2.24, 2.45) is 0 Å². The third-order valence-corrected chi connectivity index (χ3v) is 6.11. The molecule has 0 aliphatic carbocycles. The number of hydrogen-bond donors (Lipinski definition) is 0. The van der Waals surface area contributed by atoms with Gasteiger partial charge in [-0.2, -0.15) is 10.4 Å². The standard InChI is InChI=1S/C28H19N5O5/c1-18-24(27(34)31(28(35)25(18)15-29)17-23-11-6-12-38-23)14-20-16-32(21-8-3-2-4-9-21)30-26(20)19-7-5-10-22(13-19)33(36)37/h2-14,16H,17H2,1H3/b24-14+. The van der Waals surface area contributed by atoms with Crippen molar-refractivity contribution >= 4 is 23.6 Å². The number of carbonyl (C=O) groups is 2. The molecule has 3 heterocycles. The van der Waals surface area contributed by atoms with Crippen LogP contribution in [0.1, 0.15) is 18.2 Å². The van der Waals surface area contributed by atoms with Crippen LogP contribution in [0.4, 0.5) is 5.69 Å². The predicted molar refractivity (Wildman–Crippen MR) is 136 cm³/mol. The van der Waals surface area contributed by atoms with Gasteiger partial charge in [0.05, 0.1) is 23.4 Å². The van der Waals surface area contributed by atoms with Crippen LogP contribution in [-0.2, 0) is 16.1 Å². The number of carbonyl (C=O) groups excluding carboxylic acids is 2. The summed E-state index contributed by atoms with van der Waals surface area (Å²) in [6, 6.07) is 20.4. The molecule has 2 amide bonds. The molecule has 1 aliphatic rings. The summed E-state index contributed by atoms with van der Waals surface area (Å²) in [6.07, 6.45) is 4.67. The first kappa shape index (κ1) is 24.1. The molecular weight excluding hydrogens is 486 g/mol. The fraction of sp³-hybridized carbons (Fsp3) is 0.0714. The van der Waals surface area contributed by atoms with Crippen LogP contribution in [0.15, 0.2) is 100 Å². The van der Waals surface area contributed by atoms with E-state index in [0.29, 0.717) is 22.6 Å². The van der Waals surface area contributed by atoms with Crippen molar-refractivity contribution < 1.29 is 18.9 Å². The summed E-state index contributed by atoms with van der Waals surface area (Å²) in [5.41, 5.74) is 2.16. The number of imide groups is 1. The Kier molecular flexibility index (Phi) is 6.25. The maximum Gasteiger partial charge on any atom is 0.272 e. The zero-order chi connectivity index (χ0) is 26.8. The van der Waals surface area contributed by atoms with Gasteiger partial charge in [-0.3, -0.25) is 24.6 Å². The highest BCUT2D eigenvalue weighted by Crippen LogP contribution is 2.32. The molecule has 2 aromatic heterocycles. The summed E-state index contributed by atoms with van der Waals surface area (Å²) in [5.74, 6) is -0.917. The molecule has 38 heavy (non-hydrogen) atoms. The molecule has 186 valence electrons. The number of nitriles is 1. The van der Waals surface area contributed by atoms with E-state index in [4.69, 9.17) is 4.42 Å². The summed E-state index contributed by atoms with van der Waals surface area (Å²) in [4.78, 5) is 38.4. The molecule has 0 atom stereocenters. The second-order valence-electron chi connectivity index (χ2n) is 8.47. The van der Waals surface area contributed by atoms with Gasteiger partial charge in [-0.05, 0) is 42.8 Å². The van der Waals surface area contributed by atoms with Gasteiger partial charge in [0.1, 0.15) is 23.1 Å². The summed E-state index contributed by atoms with van der Waals surface area (Å²) in [6.45, 7) is 1.40. The molecule has 0 unspecified atom stereocenters. The van der Waals surface area contributed by atoms with Crippen molar-refractivity contribution in [3.05, 3.63) is 117 Å². The Hall–Kier alpha value is -5.56. The lowest BCUT2D eigenvalue weighted by molar-refractivity contribution is -0.384. The Morgan fingerprint density at radius 3 is 2.55 bits per heavy atom. The van der Waals surface area contributed by atoms with Crippen LogP contribution in [0.5, 0.6) is 0 Å². The van der Waals surface area contributed by atoms with Crippen molar-refractivity contribution in [2.45, 2.75) is 13.5 Å². The maximum absolute atomic E-state index is 13.5. The number of hydrogen-bond acceptors (Lipinski definition) is 7.